The smallest absolute Gasteiger partial charge is 0.122 e. The lowest BCUT2D eigenvalue weighted by Gasteiger charge is -2.10. The van der Waals surface area contributed by atoms with Crippen LogP contribution in [-0.2, 0) is 0 Å². The Morgan fingerprint density at radius 2 is 2.07 bits per heavy atom. The Labute approximate surface area is 85.1 Å². The molecule has 0 fully saturated rings. The Hall–Kier alpha value is -1.62. The third-order valence-corrected chi connectivity index (χ3v) is 2.07. The highest BCUT2D eigenvalue weighted by Crippen LogP contribution is 2.24. The van der Waals surface area contributed by atoms with E-state index in [-0.39, 0.29) is 0 Å². The second-order valence-electron chi connectivity index (χ2n) is 3.28. The molecule has 1 aromatic carbocycles. The number of aryl methyl sites for hydroxylation is 2. The maximum absolute atomic E-state index is 5.76. The zero-order valence-electron chi connectivity index (χ0n) is 8.63. The fraction of sp³-hybridized carbons (Fsp3) is 0.333. The molecule has 0 aliphatic heterocycles. The molecule has 0 amide bonds. The monoisotopic (exact) mass is 189 g/mol. The predicted molar refractivity (Wildman–Crippen MR) is 59.3 cm³/mol. The number of hydrogen-bond acceptors (Lipinski definition) is 2. The first-order valence-corrected chi connectivity index (χ1v) is 4.58. The number of nitrogen functional groups attached to an aromatic ring is 1. The number of rotatable bonds is 3. The molecule has 0 bridgehead atoms. The van der Waals surface area contributed by atoms with Gasteiger partial charge in [-0.15, -0.1) is 12.3 Å². The number of hydrogen-bond donors (Lipinski definition) is 1. The van der Waals surface area contributed by atoms with Gasteiger partial charge in [0.2, 0.25) is 0 Å². The van der Waals surface area contributed by atoms with Gasteiger partial charge in [0.05, 0.1) is 6.61 Å². The van der Waals surface area contributed by atoms with E-state index in [1.165, 1.54) is 0 Å². The molecule has 1 aromatic rings. The van der Waals surface area contributed by atoms with E-state index in [1.807, 2.05) is 26.0 Å². The Morgan fingerprint density at radius 1 is 1.36 bits per heavy atom. The van der Waals surface area contributed by atoms with E-state index in [0.717, 1.165) is 22.6 Å². The first kappa shape index (κ1) is 10.5. The predicted octanol–water partition coefficient (Wildman–Crippen LogP) is 2.29. The maximum atomic E-state index is 5.76. The lowest BCUT2D eigenvalue weighted by atomic mass is 10.1. The molecule has 74 valence electrons. The highest BCUT2D eigenvalue weighted by Gasteiger charge is 2.02. The van der Waals surface area contributed by atoms with Crippen LogP contribution in [0.4, 0.5) is 5.69 Å². The molecule has 2 N–H and O–H groups in total. The second-order valence-corrected chi connectivity index (χ2v) is 3.28. The van der Waals surface area contributed by atoms with E-state index < -0.39 is 0 Å². The molecule has 1 rings (SSSR count). The van der Waals surface area contributed by atoms with E-state index in [9.17, 15) is 0 Å². The number of nitrogens with two attached hydrogens (primary N) is 1. The average molecular weight is 189 g/mol. The lowest BCUT2D eigenvalue weighted by molar-refractivity contribution is 0.325. The molecule has 14 heavy (non-hydrogen) atoms. The SMILES string of the molecule is C#CCCOc1cc(C)c(N)cc1C. The van der Waals surface area contributed by atoms with Gasteiger partial charge in [-0.1, -0.05) is 0 Å². The van der Waals surface area contributed by atoms with Crippen molar-refractivity contribution in [3.8, 4) is 18.1 Å². The van der Waals surface area contributed by atoms with Crippen molar-refractivity contribution in [1.29, 1.82) is 0 Å². The van der Waals surface area contributed by atoms with Crippen molar-refractivity contribution in [3.05, 3.63) is 23.3 Å². The molecule has 0 saturated heterocycles. The largest absolute Gasteiger partial charge is 0.492 e. The van der Waals surface area contributed by atoms with Crippen LogP contribution < -0.4 is 10.5 Å². The van der Waals surface area contributed by atoms with Crippen LogP contribution in [0.3, 0.4) is 0 Å². The minimum Gasteiger partial charge on any atom is -0.492 e. The fourth-order valence-corrected chi connectivity index (χ4v) is 1.19. The third-order valence-electron chi connectivity index (χ3n) is 2.07. The van der Waals surface area contributed by atoms with E-state index in [1.54, 1.807) is 0 Å². The zero-order chi connectivity index (χ0) is 10.6. The van der Waals surface area contributed by atoms with Gasteiger partial charge in [0.25, 0.3) is 0 Å². The van der Waals surface area contributed by atoms with Crippen molar-refractivity contribution in [1.82, 2.24) is 0 Å². The summed E-state index contributed by atoms with van der Waals surface area (Å²) in [4.78, 5) is 0. The van der Waals surface area contributed by atoms with Crippen molar-refractivity contribution >= 4 is 5.69 Å². The second kappa shape index (κ2) is 4.57. The van der Waals surface area contributed by atoms with Gasteiger partial charge in [-0.2, -0.15) is 0 Å². The number of benzene rings is 1. The average Bonchev–Trinajstić information content (AvgIpc) is 2.14. The standard InChI is InChI=1S/C12H15NO/c1-4-5-6-14-12-8-9(2)11(13)7-10(12)3/h1,7-8H,5-6,13H2,2-3H3. The van der Waals surface area contributed by atoms with Crippen LogP contribution in [0.5, 0.6) is 5.75 Å². The topological polar surface area (TPSA) is 35.2 Å². The molecule has 2 heteroatoms. The lowest BCUT2D eigenvalue weighted by Crippen LogP contribution is -1.99. The first-order chi connectivity index (χ1) is 6.65. The van der Waals surface area contributed by atoms with Crippen molar-refractivity contribution in [2.75, 3.05) is 12.3 Å². The van der Waals surface area contributed by atoms with Crippen LogP contribution in [0.1, 0.15) is 17.5 Å². The van der Waals surface area contributed by atoms with Crippen LogP contribution in [0.2, 0.25) is 0 Å². The Kier molecular flexibility index (Phi) is 3.41. The molecule has 0 saturated carbocycles. The highest BCUT2D eigenvalue weighted by atomic mass is 16.5. The van der Waals surface area contributed by atoms with E-state index in [2.05, 4.69) is 5.92 Å². The molecular weight excluding hydrogens is 174 g/mol. The van der Waals surface area contributed by atoms with Crippen molar-refractivity contribution in [2.45, 2.75) is 20.3 Å². The van der Waals surface area contributed by atoms with Crippen LogP contribution in [0.25, 0.3) is 0 Å². The summed E-state index contributed by atoms with van der Waals surface area (Å²) in [6.45, 7) is 4.49. The molecule has 0 spiro atoms. The van der Waals surface area contributed by atoms with Gasteiger partial charge in [0, 0.05) is 12.1 Å². The third kappa shape index (κ3) is 2.43. The zero-order valence-corrected chi connectivity index (χ0v) is 8.63. The quantitative estimate of drug-likeness (QED) is 0.450. The number of ether oxygens (including phenoxy) is 1. The molecule has 0 aromatic heterocycles. The molecule has 0 radical (unpaired) electrons. The molecule has 0 unspecified atom stereocenters. The van der Waals surface area contributed by atoms with Gasteiger partial charge in [0.1, 0.15) is 5.75 Å². The van der Waals surface area contributed by atoms with Gasteiger partial charge in [-0.05, 0) is 37.1 Å². The van der Waals surface area contributed by atoms with Gasteiger partial charge in [0.15, 0.2) is 0 Å². The fourth-order valence-electron chi connectivity index (χ4n) is 1.19. The van der Waals surface area contributed by atoms with Gasteiger partial charge < -0.3 is 10.5 Å². The van der Waals surface area contributed by atoms with Crippen LogP contribution >= 0.6 is 0 Å². The van der Waals surface area contributed by atoms with Gasteiger partial charge in [-0.3, -0.25) is 0 Å². The minimum absolute atomic E-state index is 0.556. The molecule has 0 aliphatic rings. The van der Waals surface area contributed by atoms with E-state index in [4.69, 9.17) is 16.9 Å². The van der Waals surface area contributed by atoms with E-state index >= 15 is 0 Å². The summed E-state index contributed by atoms with van der Waals surface area (Å²) >= 11 is 0. The highest BCUT2D eigenvalue weighted by molar-refractivity contribution is 5.53. The maximum Gasteiger partial charge on any atom is 0.122 e. The molecular formula is C12H15NO. The summed E-state index contributed by atoms with van der Waals surface area (Å²) < 4.78 is 5.51. The molecule has 0 aliphatic carbocycles. The number of terminal acetylenes is 1. The van der Waals surface area contributed by atoms with Gasteiger partial charge in [-0.25, -0.2) is 0 Å². The van der Waals surface area contributed by atoms with Crippen molar-refractivity contribution < 1.29 is 4.74 Å². The Morgan fingerprint density at radius 3 is 2.71 bits per heavy atom. The summed E-state index contributed by atoms with van der Waals surface area (Å²) in [5.74, 6) is 3.40. The van der Waals surface area contributed by atoms with Crippen LogP contribution in [0, 0.1) is 26.2 Å². The van der Waals surface area contributed by atoms with E-state index in [0.29, 0.717) is 13.0 Å². The molecule has 0 atom stereocenters. The molecule has 2 nitrogen and oxygen atoms in total. The minimum atomic E-state index is 0.556. The first-order valence-electron chi connectivity index (χ1n) is 4.58. The molecule has 0 heterocycles. The summed E-state index contributed by atoms with van der Waals surface area (Å²) in [7, 11) is 0. The van der Waals surface area contributed by atoms with Crippen LogP contribution in [-0.4, -0.2) is 6.61 Å². The number of anilines is 1. The summed E-state index contributed by atoms with van der Waals surface area (Å²) in [6.07, 6.45) is 5.76. The summed E-state index contributed by atoms with van der Waals surface area (Å²) in [5, 5.41) is 0. The summed E-state index contributed by atoms with van der Waals surface area (Å²) in [5.41, 5.74) is 8.63. The Bertz CT molecular complexity index is 363. The van der Waals surface area contributed by atoms with Gasteiger partial charge >= 0.3 is 0 Å². The normalized spacial score (nSPS) is 9.50. The van der Waals surface area contributed by atoms with Crippen molar-refractivity contribution in [3.63, 3.8) is 0 Å². The van der Waals surface area contributed by atoms with Crippen LogP contribution in [0.15, 0.2) is 12.1 Å². The van der Waals surface area contributed by atoms with Crippen molar-refractivity contribution in [2.24, 2.45) is 0 Å². The summed E-state index contributed by atoms with van der Waals surface area (Å²) in [6, 6.07) is 3.86. The Balaban J connectivity index is 2.78.